The number of hydrogen-bond acceptors (Lipinski definition) is 4. The lowest BCUT2D eigenvalue weighted by molar-refractivity contribution is 0.0955. The second-order valence-corrected chi connectivity index (χ2v) is 7.23. The van der Waals surface area contributed by atoms with Crippen molar-refractivity contribution in [3.63, 3.8) is 0 Å². The average molecular weight is 366 g/mol. The van der Waals surface area contributed by atoms with Crippen LogP contribution in [0.15, 0.2) is 54.7 Å². The molecule has 0 bridgehead atoms. The predicted molar refractivity (Wildman–Crippen MR) is 110 cm³/mol. The Labute approximate surface area is 158 Å². The summed E-state index contributed by atoms with van der Waals surface area (Å²) in [5.41, 5.74) is 2.94. The van der Waals surface area contributed by atoms with Gasteiger partial charge in [-0.2, -0.15) is 11.8 Å². The molecule has 2 heterocycles. The molecule has 26 heavy (non-hydrogen) atoms. The number of aromatic nitrogens is 2. The van der Waals surface area contributed by atoms with Crippen molar-refractivity contribution in [3.05, 3.63) is 60.3 Å². The number of thioether (sulfide) groups is 1. The monoisotopic (exact) mass is 365 g/mol. The molecule has 2 aromatic heterocycles. The van der Waals surface area contributed by atoms with Crippen LogP contribution in [0.3, 0.4) is 0 Å². The molecule has 0 unspecified atom stereocenters. The van der Waals surface area contributed by atoms with Gasteiger partial charge in [0.05, 0.1) is 22.5 Å². The SMILES string of the molecule is CCCSCCCNC(=O)c1cc(-c2ccccn2)nc2ccccc12. The van der Waals surface area contributed by atoms with E-state index in [1.807, 2.05) is 60.3 Å². The quantitative estimate of drug-likeness (QED) is 0.595. The van der Waals surface area contributed by atoms with E-state index in [2.05, 4.69) is 22.2 Å². The van der Waals surface area contributed by atoms with E-state index >= 15 is 0 Å². The maximum Gasteiger partial charge on any atom is 0.252 e. The van der Waals surface area contributed by atoms with Crippen LogP contribution in [0.1, 0.15) is 30.1 Å². The topological polar surface area (TPSA) is 54.9 Å². The number of rotatable bonds is 8. The number of amides is 1. The number of nitrogens with zero attached hydrogens (tertiary/aromatic N) is 2. The van der Waals surface area contributed by atoms with Gasteiger partial charge in [-0.25, -0.2) is 4.98 Å². The van der Waals surface area contributed by atoms with Crippen molar-refractivity contribution in [2.45, 2.75) is 19.8 Å². The van der Waals surface area contributed by atoms with Gasteiger partial charge in [0.2, 0.25) is 0 Å². The number of para-hydroxylation sites is 1. The van der Waals surface area contributed by atoms with Gasteiger partial charge in [0, 0.05) is 18.1 Å². The third-order valence-electron chi connectivity index (χ3n) is 3.99. The van der Waals surface area contributed by atoms with E-state index in [0.717, 1.165) is 28.8 Å². The summed E-state index contributed by atoms with van der Waals surface area (Å²) in [6.07, 6.45) is 3.91. The van der Waals surface area contributed by atoms with Crippen molar-refractivity contribution < 1.29 is 4.79 Å². The largest absolute Gasteiger partial charge is 0.352 e. The maximum atomic E-state index is 12.8. The van der Waals surface area contributed by atoms with Crippen molar-refractivity contribution >= 4 is 28.6 Å². The fourth-order valence-electron chi connectivity index (χ4n) is 2.73. The molecule has 0 aliphatic heterocycles. The molecule has 0 aliphatic rings. The van der Waals surface area contributed by atoms with Crippen LogP contribution >= 0.6 is 11.8 Å². The van der Waals surface area contributed by atoms with Gasteiger partial charge in [-0.1, -0.05) is 31.2 Å². The lowest BCUT2D eigenvalue weighted by atomic mass is 10.1. The number of hydrogen-bond donors (Lipinski definition) is 1. The van der Waals surface area contributed by atoms with E-state index < -0.39 is 0 Å². The molecular formula is C21H23N3OS. The Kier molecular flexibility index (Phi) is 6.61. The minimum absolute atomic E-state index is 0.0544. The summed E-state index contributed by atoms with van der Waals surface area (Å²) >= 11 is 1.93. The first kappa shape index (κ1) is 18.4. The van der Waals surface area contributed by atoms with Crippen LogP contribution < -0.4 is 5.32 Å². The third-order valence-corrected chi connectivity index (χ3v) is 5.26. The highest BCUT2D eigenvalue weighted by molar-refractivity contribution is 7.99. The summed E-state index contributed by atoms with van der Waals surface area (Å²) in [4.78, 5) is 21.8. The second kappa shape index (κ2) is 9.34. The highest BCUT2D eigenvalue weighted by Crippen LogP contribution is 2.23. The highest BCUT2D eigenvalue weighted by Gasteiger charge is 2.13. The molecule has 0 radical (unpaired) electrons. The van der Waals surface area contributed by atoms with Crippen molar-refractivity contribution in [2.24, 2.45) is 0 Å². The number of fused-ring (bicyclic) bond motifs is 1. The van der Waals surface area contributed by atoms with E-state index in [1.165, 1.54) is 12.2 Å². The molecule has 134 valence electrons. The molecule has 0 fully saturated rings. The molecule has 0 saturated carbocycles. The van der Waals surface area contributed by atoms with Gasteiger partial charge in [0.25, 0.3) is 5.91 Å². The number of carbonyl (C=O) groups is 1. The fraction of sp³-hybridized carbons (Fsp3) is 0.286. The molecular weight excluding hydrogens is 342 g/mol. The lowest BCUT2D eigenvalue weighted by Gasteiger charge is -2.10. The zero-order chi connectivity index (χ0) is 18.2. The van der Waals surface area contributed by atoms with Gasteiger partial charge in [0.15, 0.2) is 0 Å². The number of carbonyl (C=O) groups excluding carboxylic acids is 1. The summed E-state index contributed by atoms with van der Waals surface area (Å²) < 4.78 is 0. The normalized spacial score (nSPS) is 10.8. The fourth-order valence-corrected chi connectivity index (χ4v) is 3.57. The van der Waals surface area contributed by atoms with Crippen molar-refractivity contribution in [2.75, 3.05) is 18.1 Å². The van der Waals surface area contributed by atoms with Gasteiger partial charge < -0.3 is 5.32 Å². The molecule has 0 saturated heterocycles. The molecule has 3 rings (SSSR count). The van der Waals surface area contributed by atoms with E-state index in [1.54, 1.807) is 6.20 Å². The average Bonchev–Trinajstić information content (AvgIpc) is 2.70. The highest BCUT2D eigenvalue weighted by atomic mass is 32.2. The van der Waals surface area contributed by atoms with Crippen molar-refractivity contribution in [1.82, 2.24) is 15.3 Å². The Hall–Kier alpha value is -2.40. The molecule has 0 spiro atoms. The van der Waals surface area contributed by atoms with Crippen molar-refractivity contribution in [3.8, 4) is 11.4 Å². The number of benzene rings is 1. The van der Waals surface area contributed by atoms with Crippen LogP contribution in [-0.2, 0) is 0 Å². The molecule has 1 amide bonds. The Morgan fingerprint density at radius 1 is 1.08 bits per heavy atom. The van der Waals surface area contributed by atoms with E-state index in [9.17, 15) is 4.79 Å². The molecule has 1 N–H and O–H groups in total. The van der Waals surface area contributed by atoms with Crippen LogP contribution in [-0.4, -0.2) is 33.9 Å². The summed E-state index contributed by atoms with van der Waals surface area (Å²) in [7, 11) is 0. The Balaban J connectivity index is 1.81. The first-order valence-corrected chi connectivity index (χ1v) is 10.1. The summed E-state index contributed by atoms with van der Waals surface area (Å²) in [6.45, 7) is 2.87. The standard InChI is InChI=1S/C21H23N3OS/c1-2-13-26-14-7-12-23-21(25)17-15-20(19-10-5-6-11-22-19)24-18-9-4-3-8-16(17)18/h3-6,8-11,15H,2,7,12-14H2,1H3,(H,23,25). The maximum absolute atomic E-state index is 12.8. The first-order valence-electron chi connectivity index (χ1n) is 8.96. The summed E-state index contributed by atoms with van der Waals surface area (Å²) in [6, 6.07) is 15.3. The predicted octanol–water partition coefficient (Wildman–Crippen LogP) is 4.56. The van der Waals surface area contributed by atoms with E-state index in [-0.39, 0.29) is 5.91 Å². The van der Waals surface area contributed by atoms with E-state index in [4.69, 9.17) is 0 Å². The van der Waals surface area contributed by atoms with Gasteiger partial charge in [0.1, 0.15) is 0 Å². The molecule has 4 nitrogen and oxygen atoms in total. The van der Waals surface area contributed by atoms with Crippen LogP contribution in [0.5, 0.6) is 0 Å². The third kappa shape index (κ3) is 4.61. The molecule has 5 heteroatoms. The zero-order valence-corrected chi connectivity index (χ0v) is 15.8. The van der Waals surface area contributed by atoms with Gasteiger partial charge >= 0.3 is 0 Å². The minimum Gasteiger partial charge on any atom is -0.352 e. The van der Waals surface area contributed by atoms with E-state index in [0.29, 0.717) is 17.8 Å². The smallest absolute Gasteiger partial charge is 0.252 e. The van der Waals surface area contributed by atoms with Gasteiger partial charge in [-0.15, -0.1) is 0 Å². The summed E-state index contributed by atoms with van der Waals surface area (Å²) in [5, 5.41) is 3.91. The van der Waals surface area contributed by atoms with Crippen LogP contribution in [0, 0.1) is 0 Å². The Morgan fingerprint density at radius 2 is 1.92 bits per heavy atom. The molecule has 1 aromatic carbocycles. The molecule has 3 aromatic rings. The van der Waals surface area contributed by atoms with Crippen LogP contribution in [0.2, 0.25) is 0 Å². The second-order valence-electron chi connectivity index (χ2n) is 6.01. The Bertz CT molecular complexity index is 868. The van der Waals surface area contributed by atoms with Crippen molar-refractivity contribution in [1.29, 1.82) is 0 Å². The Morgan fingerprint density at radius 3 is 2.73 bits per heavy atom. The molecule has 0 atom stereocenters. The number of pyridine rings is 2. The summed E-state index contributed by atoms with van der Waals surface area (Å²) in [5.74, 6) is 2.20. The van der Waals surface area contributed by atoms with Gasteiger partial charge in [-0.05, 0) is 48.6 Å². The zero-order valence-electron chi connectivity index (χ0n) is 14.9. The van der Waals surface area contributed by atoms with Crippen LogP contribution in [0.4, 0.5) is 0 Å². The first-order chi connectivity index (χ1) is 12.8. The number of nitrogens with one attached hydrogen (secondary N) is 1. The minimum atomic E-state index is -0.0544. The van der Waals surface area contributed by atoms with Crippen LogP contribution in [0.25, 0.3) is 22.3 Å². The molecule has 0 aliphatic carbocycles. The van der Waals surface area contributed by atoms with Gasteiger partial charge in [-0.3, -0.25) is 9.78 Å². The lowest BCUT2D eigenvalue weighted by Crippen LogP contribution is -2.25.